The van der Waals surface area contributed by atoms with Crippen molar-refractivity contribution in [3.8, 4) is 5.75 Å². The van der Waals surface area contributed by atoms with Crippen LogP contribution in [-0.4, -0.2) is 48.5 Å². The number of aromatic nitrogens is 1. The summed E-state index contributed by atoms with van der Waals surface area (Å²) in [5, 5.41) is 3.50. The maximum absolute atomic E-state index is 6.24. The van der Waals surface area contributed by atoms with E-state index >= 15 is 0 Å². The van der Waals surface area contributed by atoms with Crippen LogP contribution in [0.2, 0.25) is 0 Å². The summed E-state index contributed by atoms with van der Waals surface area (Å²) in [5.41, 5.74) is 1.25. The van der Waals surface area contributed by atoms with Gasteiger partial charge in [-0.2, -0.15) is 0 Å². The van der Waals surface area contributed by atoms with E-state index in [-0.39, 0.29) is 17.8 Å². The Hall–Kier alpha value is -1.33. The lowest BCUT2D eigenvalue weighted by atomic mass is 9.95. The van der Waals surface area contributed by atoms with Gasteiger partial charge in [0.05, 0.1) is 18.4 Å². The number of anilines is 1. The molecule has 5 nitrogen and oxygen atoms in total. The summed E-state index contributed by atoms with van der Waals surface area (Å²) in [5.74, 6) is 2.02. The third kappa shape index (κ3) is 2.46. The molecule has 22 heavy (non-hydrogen) atoms. The summed E-state index contributed by atoms with van der Waals surface area (Å²) in [6, 6.07) is 2.75. The van der Waals surface area contributed by atoms with Crippen molar-refractivity contribution in [3.05, 3.63) is 17.8 Å². The molecule has 0 amide bonds. The molecule has 4 rings (SSSR count). The van der Waals surface area contributed by atoms with Crippen molar-refractivity contribution >= 4 is 5.82 Å². The Kier molecular flexibility index (Phi) is 3.31. The first-order chi connectivity index (χ1) is 10.5. The van der Waals surface area contributed by atoms with E-state index in [9.17, 15) is 0 Å². The lowest BCUT2D eigenvalue weighted by Gasteiger charge is -2.36. The average molecular weight is 303 g/mol. The van der Waals surface area contributed by atoms with Gasteiger partial charge in [-0.15, -0.1) is 0 Å². The zero-order valence-corrected chi connectivity index (χ0v) is 13.6. The fourth-order valence-corrected chi connectivity index (χ4v) is 4.13. The maximum Gasteiger partial charge on any atom is 0.142 e. The van der Waals surface area contributed by atoms with Crippen LogP contribution in [0.4, 0.5) is 5.82 Å². The predicted octanol–water partition coefficient (Wildman–Crippen LogP) is 1.75. The Morgan fingerprint density at radius 3 is 2.73 bits per heavy atom. The van der Waals surface area contributed by atoms with Crippen molar-refractivity contribution in [2.75, 3.05) is 24.5 Å². The number of hydrogen-bond donors (Lipinski definition) is 1. The van der Waals surface area contributed by atoms with E-state index in [1.165, 1.54) is 5.56 Å². The van der Waals surface area contributed by atoms with Crippen molar-refractivity contribution < 1.29 is 9.47 Å². The Balaban J connectivity index is 1.55. The number of pyridine rings is 1. The number of fused-ring (bicyclic) bond motifs is 1. The summed E-state index contributed by atoms with van der Waals surface area (Å²) < 4.78 is 12.1. The summed E-state index contributed by atoms with van der Waals surface area (Å²) in [6.07, 6.45) is 4.48. The molecule has 3 aliphatic rings. The van der Waals surface area contributed by atoms with Crippen LogP contribution in [0.1, 0.15) is 32.8 Å². The fraction of sp³-hybridized carbons (Fsp3) is 0.706. The number of morpholine rings is 1. The molecular formula is C17H25N3O2. The minimum absolute atomic E-state index is 0.0480. The van der Waals surface area contributed by atoms with Gasteiger partial charge in [0.2, 0.25) is 0 Å². The molecule has 5 heteroatoms. The van der Waals surface area contributed by atoms with Crippen LogP contribution >= 0.6 is 0 Å². The molecule has 1 aromatic heterocycles. The number of ether oxygens (including phenoxy) is 2. The van der Waals surface area contributed by atoms with Crippen molar-refractivity contribution in [1.82, 2.24) is 10.3 Å². The minimum Gasteiger partial charge on any atom is -0.484 e. The van der Waals surface area contributed by atoms with Crippen molar-refractivity contribution in [3.63, 3.8) is 0 Å². The SMILES string of the molecule is CC1CC2(CN1)Cc1cc(N3C[C@@H](C)O[C@H](C)C3)ncc1O2. The van der Waals surface area contributed by atoms with Gasteiger partial charge >= 0.3 is 0 Å². The second-order valence-corrected chi connectivity index (χ2v) is 7.26. The molecule has 2 fully saturated rings. The Morgan fingerprint density at radius 1 is 1.27 bits per heavy atom. The number of hydrogen-bond acceptors (Lipinski definition) is 5. The molecule has 4 atom stereocenters. The lowest BCUT2D eigenvalue weighted by Crippen LogP contribution is -2.45. The number of rotatable bonds is 1. The second kappa shape index (κ2) is 5.10. The van der Waals surface area contributed by atoms with Gasteiger partial charge in [0.15, 0.2) is 0 Å². The van der Waals surface area contributed by atoms with Gasteiger partial charge in [0.25, 0.3) is 0 Å². The molecule has 1 aromatic rings. The number of nitrogens with zero attached hydrogens (tertiary/aromatic N) is 2. The van der Waals surface area contributed by atoms with Crippen LogP contribution in [-0.2, 0) is 11.2 Å². The van der Waals surface area contributed by atoms with E-state index in [1.807, 2.05) is 6.20 Å². The van der Waals surface area contributed by atoms with E-state index in [4.69, 9.17) is 9.47 Å². The molecule has 120 valence electrons. The van der Waals surface area contributed by atoms with Gasteiger partial charge in [-0.25, -0.2) is 4.98 Å². The van der Waals surface area contributed by atoms with Crippen LogP contribution in [0.25, 0.3) is 0 Å². The predicted molar refractivity (Wildman–Crippen MR) is 85.6 cm³/mol. The Bertz CT molecular complexity index is 569. The van der Waals surface area contributed by atoms with Gasteiger partial charge < -0.3 is 19.7 Å². The molecule has 0 saturated carbocycles. The zero-order chi connectivity index (χ0) is 15.3. The molecule has 1 spiro atoms. The first-order valence-corrected chi connectivity index (χ1v) is 8.35. The van der Waals surface area contributed by atoms with Gasteiger partial charge in [0.1, 0.15) is 17.2 Å². The molecular weight excluding hydrogens is 278 g/mol. The molecule has 3 aliphatic heterocycles. The molecule has 0 radical (unpaired) electrons. The molecule has 0 aliphatic carbocycles. The lowest BCUT2D eigenvalue weighted by molar-refractivity contribution is -0.00546. The normalized spacial score (nSPS) is 37.4. The zero-order valence-electron chi connectivity index (χ0n) is 13.6. The summed E-state index contributed by atoms with van der Waals surface area (Å²) in [4.78, 5) is 6.97. The van der Waals surface area contributed by atoms with E-state index in [0.717, 1.165) is 44.0 Å². The molecule has 1 N–H and O–H groups in total. The maximum atomic E-state index is 6.24. The van der Waals surface area contributed by atoms with E-state index in [2.05, 4.69) is 42.0 Å². The Labute approximate surface area is 132 Å². The molecule has 0 bridgehead atoms. The van der Waals surface area contributed by atoms with Gasteiger partial charge in [-0.1, -0.05) is 0 Å². The largest absolute Gasteiger partial charge is 0.484 e. The van der Waals surface area contributed by atoms with Crippen molar-refractivity contribution in [1.29, 1.82) is 0 Å². The quantitative estimate of drug-likeness (QED) is 0.856. The highest BCUT2D eigenvalue weighted by molar-refractivity contribution is 5.49. The smallest absolute Gasteiger partial charge is 0.142 e. The van der Waals surface area contributed by atoms with Crippen LogP contribution in [0.3, 0.4) is 0 Å². The average Bonchev–Trinajstić information content (AvgIpc) is 2.99. The van der Waals surface area contributed by atoms with E-state index in [0.29, 0.717) is 6.04 Å². The fourth-order valence-electron chi connectivity index (χ4n) is 4.13. The highest BCUT2D eigenvalue weighted by atomic mass is 16.5. The van der Waals surface area contributed by atoms with Crippen LogP contribution in [0, 0.1) is 0 Å². The summed E-state index contributed by atoms with van der Waals surface area (Å²) in [7, 11) is 0. The highest BCUT2D eigenvalue weighted by Gasteiger charge is 2.44. The summed E-state index contributed by atoms with van der Waals surface area (Å²) >= 11 is 0. The topological polar surface area (TPSA) is 46.6 Å². The van der Waals surface area contributed by atoms with E-state index < -0.39 is 0 Å². The third-order valence-electron chi connectivity index (χ3n) is 4.97. The van der Waals surface area contributed by atoms with Crippen molar-refractivity contribution in [2.24, 2.45) is 0 Å². The second-order valence-electron chi connectivity index (χ2n) is 7.26. The third-order valence-corrected chi connectivity index (χ3v) is 4.97. The van der Waals surface area contributed by atoms with Gasteiger partial charge in [-0.3, -0.25) is 0 Å². The van der Waals surface area contributed by atoms with E-state index in [1.54, 1.807) is 0 Å². The minimum atomic E-state index is -0.0480. The van der Waals surface area contributed by atoms with Crippen LogP contribution in [0.15, 0.2) is 12.3 Å². The van der Waals surface area contributed by atoms with Gasteiger partial charge in [-0.05, 0) is 26.8 Å². The molecule has 2 unspecified atom stereocenters. The first kappa shape index (κ1) is 14.3. The molecule has 4 heterocycles. The molecule has 2 saturated heterocycles. The first-order valence-electron chi connectivity index (χ1n) is 8.35. The van der Waals surface area contributed by atoms with Crippen molar-refractivity contribution in [2.45, 2.75) is 57.5 Å². The Morgan fingerprint density at radius 2 is 2.05 bits per heavy atom. The molecule has 0 aromatic carbocycles. The number of nitrogens with one attached hydrogen (secondary N) is 1. The summed E-state index contributed by atoms with van der Waals surface area (Å²) in [6.45, 7) is 9.21. The van der Waals surface area contributed by atoms with Crippen LogP contribution < -0.4 is 15.0 Å². The standard InChI is InChI=1S/C17H25N3O2/c1-11-5-17(10-19-11)6-14-4-16(18-7-15(14)22-17)20-8-12(2)21-13(3)9-20/h4,7,11-13,19H,5-6,8-10H2,1-3H3/t11?,12-,13-,17?/m1/s1. The highest BCUT2D eigenvalue weighted by Crippen LogP contribution is 2.40. The monoisotopic (exact) mass is 303 g/mol. The van der Waals surface area contributed by atoms with Crippen LogP contribution in [0.5, 0.6) is 5.75 Å². The van der Waals surface area contributed by atoms with Gasteiger partial charge in [0, 0.05) is 44.1 Å².